The SMILES string of the molecule is Cc1cc(=O)ccc2ccc(ccc3cc(C)c1o3)o2. The number of rotatable bonds is 0. The van der Waals surface area contributed by atoms with Crippen LogP contribution in [0.25, 0.3) is 22.3 Å². The second-order valence-corrected chi connectivity index (χ2v) is 4.80. The molecule has 0 radical (unpaired) electrons. The molecule has 3 aromatic rings. The van der Waals surface area contributed by atoms with Gasteiger partial charge >= 0.3 is 0 Å². The molecule has 0 fully saturated rings. The molecule has 0 aromatic carbocycles. The second kappa shape index (κ2) is 4.85. The van der Waals surface area contributed by atoms with Gasteiger partial charge in [-0.1, -0.05) is 0 Å². The zero-order valence-electron chi connectivity index (χ0n) is 11.3. The Kier molecular flexibility index (Phi) is 3.03. The molecule has 0 spiro atoms. The molecular weight excluding hydrogens is 252 g/mol. The van der Waals surface area contributed by atoms with Crippen LogP contribution in [0.2, 0.25) is 0 Å². The smallest absolute Gasteiger partial charge is 0.179 e. The Morgan fingerprint density at radius 2 is 1.25 bits per heavy atom. The predicted molar refractivity (Wildman–Crippen MR) is 79.4 cm³/mol. The first-order valence-corrected chi connectivity index (χ1v) is 6.41. The van der Waals surface area contributed by atoms with Crippen molar-refractivity contribution >= 4 is 22.3 Å². The van der Waals surface area contributed by atoms with Crippen molar-refractivity contribution in [2.75, 3.05) is 0 Å². The molecule has 0 aliphatic carbocycles. The molecular formula is C17H14O3. The van der Waals surface area contributed by atoms with Crippen molar-refractivity contribution in [1.82, 2.24) is 0 Å². The van der Waals surface area contributed by atoms with Crippen LogP contribution in [0.3, 0.4) is 0 Å². The van der Waals surface area contributed by atoms with E-state index in [1.54, 1.807) is 12.1 Å². The van der Waals surface area contributed by atoms with Gasteiger partial charge in [0.15, 0.2) is 5.43 Å². The average molecular weight is 266 g/mol. The molecule has 4 bridgehead atoms. The molecule has 3 heterocycles. The third kappa shape index (κ3) is 2.43. The standard InChI is InChI=1S/C17H14O3/c1-11-9-13(18)3-4-14-5-6-15(19-14)7-8-16-10-12(2)17(11)20-16/h3-10H,1-2H3. The van der Waals surface area contributed by atoms with Crippen LogP contribution in [0.4, 0.5) is 0 Å². The molecule has 100 valence electrons. The van der Waals surface area contributed by atoms with E-state index in [1.807, 2.05) is 44.2 Å². The van der Waals surface area contributed by atoms with Gasteiger partial charge in [-0.05, 0) is 73.5 Å². The fourth-order valence-corrected chi connectivity index (χ4v) is 2.18. The molecule has 0 aliphatic heterocycles. The predicted octanol–water partition coefficient (Wildman–Crippen LogP) is 4.28. The fraction of sp³-hybridized carbons (Fsp3) is 0.118. The van der Waals surface area contributed by atoms with E-state index in [9.17, 15) is 4.79 Å². The van der Waals surface area contributed by atoms with E-state index in [2.05, 4.69) is 0 Å². The molecule has 0 unspecified atom stereocenters. The van der Waals surface area contributed by atoms with E-state index in [4.69, 9.17) is 8.83 Å². The average Bonchev–Trinajstić information content (AvgIpc) is 3.00. The lowest BCUT2D eigenvalue weighted by molar-refractivity contribution is 0.658. The van der Waals surface area contributed by atoms with Crippen LogP contribution in [0.1, 0.15) is 11.1 Å². The van der Waals surface area contributed by atoms with E-state index in [-0.39, 0.29) is 5.43 Å². The number of aryl methyl sites for hydroxylation is 2. The van der Waals surface area contributed by atoms with Gasteiger partial charge in [0.25, 0.3) is 0 Å². The Hall–Kier alpha value is -2.55. The van der Waals surface area contributed by atoms with Crippen molar-refractivity contribution in [3.8, 4) is 0 Å². The molecule has 0 atom stereocenters. The summed E-state index contributed by atoms with van der Waals surface area (Å²) >= 11 is 0. The normalized spacial score (nSPS) is 10.7. The van der Waals surface area contributed by atoms with Gasteiger partial charge in [0, 0.05) is 0 Å². The van der Waals surface area contributed by atoms with Crippen molar-refractivity contribution in [2.45, 2.75) is 13.8 Å². The zero-order valence-corrected chi connectivity index (χ0v) is 11.3. The van der Waals surface area contributed by atoms with Crippen molar-refractivity contribution in [2.24, 2.45) is 0 Å². The maximum Gasteiger partial charge on any atom is 0.179 e. The summed E-state index contributed by atoms with van der Waals surface area (Å²) in [5.74, 6) is 0. The Labute approximate surface area is 115 Å². The summed E-state index contributed by atoms with van der Waals surface area (Å²) in [7, 11) is 0. The molecule has 3 rings (SSSR count). The van der Waals surface area contributed by atoms with E-state index < -0.39 is 0 Å². The minimum Gasteiger partial charge on any atom is -0.457 e. The topological polar surface area (TPSA) is 43.4 Å². The third-order valence-electron chi connectivity index (χ3n) is 3.13. The van der Waals surface area contributed by atoms with Crippen LogP contribution in [0.5, 0.6) is 0 Å². The first-order chi connectivity index (χ1) is 9.61. The minimum absolute atomic E-state index is 0.0926. The molecule has 3 aromatic heterocycles. The summed E-state index contributed by atoms with van der Waals surface area (Å²) < 4.78 is 11.3. The molecule has 0 saturated carbocycles. The molecule has 0 N–H and O–H groups in total. The van der Waals surface area contributed by atoms with Crippen LogP contribution in [-0.4, -0.2) is 0 Å². The summed E-state index contributed by atoms with van der Waals surface area (Å²) in [5.41, 5.74) is 4.58. The van der Waals surface area contributed by atoms with Gasteiger partial charge < -0.3 is 8.83 Å². The monoisotopic (exact) mass is 266 g/mol. The highest BCUT2D eigenvalue weighted by molar-refractivity contribution is 5.64. The summed E-state index contributed by atoms with van der Waals surface area (Å²) in [4.78, 5) is 11.9. The maximum absolute atomic E-state index is 11.9. The van der Waals surface area contributed by atoms with Crippen molar-refractivity contribution in [1.29, 1.82) is 0 Å². The highest BCUT2D eigenvalue weighted by Crippen LogP contribution is 2.19. The second-order valence-electron chi connectivity index (χ2n) is 4.80. The Balaban J connectivity index is 2.46. The molecule has 0 aliphatic rings. The van der Waals surface area contributed by atoms with Crippen LogP contribution >= 0.6 is 0 Å². The van der Waals surface area contributed by atoms with Crippen LogP contribution in [0.15, 0.2) is 62.2 Å². The molecule has 3 nitrogen and oxygen atoms in total. The third-order valence-corrected chi connectivity index (χ3v) is 3.13. The first kappa shape index (κ1) is 12.5. The van der Waals surface area contributed by atoms with E-state index in [0.29, 0.717) is 5.58 Å². The lowest BCUT2D eigenvalue weighted by Crippen LogP contribution is -1.92. The Morgan fingerprint density at radius 1 is 0.700 bits per heavy atom. The molecule has 3 heteroatoms. The van der Waals surface area contributed by atoms with E-state index >= 15 is 0 Å². The lowest BCUT2D eigenvalue weighted by atomic mass is 10.2. The Morgan fingerprint density at radius 3 is 1.95 bits per heavy atom. The number of fused-ring (bicyclic) bond motifs is 4. The van der Waals surface area contributed by atoms with Crippen LogP contribution in [-0.2, 0) is 0 Å². The van der Waals surface area contributed by atoms with Gasteiger partial charge in [-0.25, -0.2) is 0 Å². The summed E-state index contributed by atoms with van der Waals surface area (Å²) in [6.07, 6.45) is 0. The van der Waals surface area contributed by atoms with Gasteiger partial charge in [0.05, 0.1) is 0 Å². The molecule has 0 amide bonds. The first-order valence-electron chi connectivity index (χ1n) is 6.41. The summed E-state index contributed by atoms with van der Waals surface area (Å²) in [6.45, 7) is 3.83. The maximum atomic E-state index is 11.9. The van der Waals surface area contributed by atoms with Gasteiger partial charge in [-0.2, -0.15) is 0 Å². The number of furan rings is 2. The fourth-order valence-electron chi connectivity index (χ4n) is 2.18. The van der Waals surface area contributed by atoms with Gasteiger partial charge in [-0.15, -0.1) is 0 Å². The van der Waals surface area contributed by atoms with Crippen LogP contribution in [0, 0.1) is 13.8 Å². The quantitative estimate of drug-likeness (QED) is 0.610. The lowest BCUT2D eigenvalue weighted by Gasteiger charge is -1.88. The van der Waals surface area contributed by atoms with Crippen molar-refractivity contribution in [3.05, 3.63) is 69.9 Å². The van der Waals surface area contributed by atoms with Crippen molar-refractivity contribution in [3.63, 3.8) is 0 Å². The van der Waals surface area contributed by atoms with Crippen molar-refractivity contribution < 1.29 is 8.83 Å². The van der Waals surface area contributed by atoms with Gasteiger partial charge in [0.1, 0.15) is 22.3 Å². The number of hydrogen-bond donors (Lipinski definition) is 0. The zero-order chi connectivity index (χ0) is 14.1. The highest BCUT2D eigenvalue weighted by atomic mass is 16.3. The Bertz CT molecular complexity index is 899. The summed E-state index contributed by atoms with van der Waals surface area (Å²) in [6, 6.07) is 14.0. The van der Waals surface area contributed by atoms with Gasteiger partial charge in [0.2, 0.25) is 0 Å². The number of hydrogen-bond acceptors (Lipinski definition) is 3. The van der Waals surface area contributed by atoms with Crippen LogP contribution < -0.4 is 5.43 Å². The van der Waals surface area contributed by atoms with E-state index in [1.165, 1.54) is 6.07 Å². The van der Waals surface area contributed by atoms with E-state index in [0.717, 1.165) is 27.9 Å². The largest absolute Gasteiger partial charge is 0.457 e. The minimum atomic E-state index is -0.0926. The molecule has 20 heavy (non-hydrogen) atoms. The molecule has 0 saturated heterocycles. The summed E-state index contributed by atoms with van der Waals surface area (Å²) in [5, 5.41) is 0. The van der Waals surface area contributed by atoms with Gasteiger partial charge in [-0.3, -0.25) is 4.79 Å². The highest BCUT2D eigenvalue weighted by Gasteiger charge is 2.00.